The lowest BCUT2D eigenvalue weighted by Gasteiger charge is -2.29. The molecular weight excluding hydrogens is 380 g/mol. The van der Waals surface area contributed by atoms with Gasteiger partial charge < -0.3 is 20.1 Å². The standard InChI is InChI=1S/C24H30N2O4/c1-3-15-25-23(27)21-9-4-5-10-22(21)24(28)26-17-11-13-18(14-12-17)30-20-8-6-7-19(16-20)29-2/h6-8,11-14,16,21-22H,3-5,9-10,15H2,1-2H3,(H,25,27)(H,26,28)/t21-,22+/m1/s1. The molecule has 2 aromatic rings. The Labute approximate surface area is 178 Å². The zero-order chi connectivity index (χ0) is 21.3. The smallest absolute Gasteiger partial charge is 0.228 e. The lowest BCUT2D eigenvalue weighted by Crippen LogP contribution is -2.41. The van der Waals surface area contributed by atoms with Crippen molar-refractivity contribution in [2.75, 3.05) is 19.0 Å². The first-order valence-corrected chi connectivity index (χ1v) is 10.6. The normalized spacial score (nSPS) is 18.3. The maximum absolute atomic E-state index is 12.9. The minimum Gasteiger partial charge on any atom is -0.497 e. The molecule has 0 saturated heterocycles. The van der Waals surface area contributed by atoms with Gasteiger partial charge in [-0.1, -0.05) is 25.8 Å². The predicted molar refractivity (Wildman–Crippen MR) is 117 cm³/mol. The molecule has 0 unspecified atom stereocenters. The molecular formula is C24H30N2O4. The summed E-state index contributed by atoms with van der Waals surface area (Å²) in [6, 6.07) is 14.6. The van der Waals surface area contributed by atoms with Crippen LogP contribution in [0.1, 0.15) is 39.0 Å². The number of carbonyl (C=O) groups excluding carboxylic acids is 2. The Morgan fingerprint density at radius 3 is 2.27 bits per heavy atom. The number of rotatable bonds is 8. The van der Waals surface area contributed by atoms with Crippen LogP contribution in [0.4, 0.5) is 5.69 Å². The van der Waals surface area contributed by atoms with Crippen molar-refractivity contribution in [1.29, 1.82) is 0 Å². The third-order valence-electron chi connectivity index (χ3n) is 5.39. The highest BCUT2D eigenvalue weighted by Crippen LogP contribution is 2.32. The molecule has 0 spiro atoms. The predicted octanol–water partition coefficient (Wildman–Crippen LogP) is 4.76. The molecule has 1 saturated carbocycles. The van der Waals surface area contributed by atoms with Crippen LogP contribution in [0.25, 0.3) is 0 Å². The Morgan fingerprint density at radius 2 is 1.60 bits per heavy atom. The SMILES string of the molecule is CCCNC(=O)[C@@H]1CCCC[C@@H]1C(=O)Nc1ccc(Oc2cccc(OC)c2)cc1. The van der Waals surface area contributed by atoms with E-state index in [2.05, 4.69) is 10.6 Å². The Bertz CT molecular complexity index is 851. The summed E-state index contributed by atoms with van der Waals surface area (Å²) in [5, 5.41) is 5.91. The fourth-order valence-corrected chi connectivity index (χ4v) is 3.78. The van der Waals surface area contributed by atoms with E-state index in [1.54, 1.807) is 19.2 Å². The summed E-state index contributed by atoms with van der Waals surface area (Å²) < 4.78 is 11.0. The summed E-state index contributed by atoms with van der Waals surface area (Å²) in [4.78, 5) is 25.3. The average molecular weight is 411 g/mol. The van der Waals surface area contributed by atoms with Crippen LogP contribution in [-0.4, -0.2) is 25.5 Å². The molecule has 2 aromatic carbocycles. The molecule has 3 rings (SSSR count). The summed E-state index contributed by atoms with van der Waals surface area (Å²) in [6.07, 6.45) is 4.36. The van der Waals surface area contributed by atoms with E-state index in [0.717, 1.165) is 37.9 Å². The van der Waals surface area contributed by atoms with E-state index in [-0.39, 0.29) is 23.7 Å². The van der Waals surface area contributed by atoms with Crippen molar-refractivity contribution in [3.63, 3.8) is 0 Å². The van der Waals surface area contributed by atoms with Gasteiger partial charge in [0.25, 0.3) is 0 Å². The van der Waals surface area contributed by atoms with E-state index in [9.17, 15) is 9.59 Å². The second-order valence-corrected chi connectivity index (χ2v) is 7.58. The third-order valence-corrected chi connectivity index (χ3v) is 5.39. The van der Waals surface area contributed by atoms with Gasteiger partial charge in [0.05, 0.1) is 7.11 Å². The van der Waals surface area contributed by atoms with Crippen LogP contribution in [0.15, 0.2) is 48.5 Å². The third kappa shape index (κ3) is 5.75. The molecule has 1 aliphatic rings. The monoisotopic (exact) mass is 410 g/mol. The van der Waals surface area contributed by atoms with Gasteiger partial charge in [0.2, 0.25) is 11.8 Å². The van der Waals surface area contributed by atoms with E-state index in [1.807, 2.05) is 43.3 Å². The summed E-state index contributed by atoms with van der Waals surface area (Å²) in [6.45, 7) is 2.67. The molecule has 160 valence electrons. The van der Waals surface area contributed by atoms with Crippen LogP contribution in [0.3, 0.4) is 0 Å². The summed E-state index contributed by atoms with van der Waals surface area (Å²) >= 11 is 0. The molecule has 2 atom stereocenters. The number of carbonyl (C=O) groups is 2. The van der Waals surface area contributed by atoms with Gasteiger partial charge in [0, 0.05) is 30.1 Å². The van der Waals surface area contributed by atoms with Crippen molar-refractivity contribution in [1.82, 2.24) is 5.32 Å². The molecule has 0 aromatic heterocycles. The fourth-order valence-electron chi connectivity index (χ4n) is 3.78. The molecule has 2 N–H and O–H groups in total. The van der Waals surface area contributed by atoms with Gasteiger partial charge in [-0.25, -0.2) is 0 Å². The van der Waals surface area contributed by atoms with Crippen LogP contribution in [0.2, 0.25) is 0 Å². The van der Waals surface area contributed by atoms with Gasteiger partial charge in [-0.2, -0.15) is 0 Å². The number of methoxy groups -OCH3 is 1. The first-order chi connectivity index (χ1) is 14.6. The Kier molecular flexibility index (Phi) is 7.71. The number of anilines is 1. The molecule has 0 bridgehead atoms. The van der Waals surface area contributed by atoms with Crippen LogP contribution in [0.5, 0.6) is 17.2 Å². The second kappa shape index (κ2) is 10.7. The molecule has 2 amide bonds. The average Bonchev–Trinajstić information content (AvgIpc) is 2.79. The number of hydrogen-bond donors (Lipinski definition) is 2. The van der Waals surface area contributed by atoms with Crippen LogP contribution in [0, 0.1) is 11.8 Å². The number of hydrogen-bond acceptors (Lipinski definition) is 4. The quantitative estimate of drug-likeness (QED) is 0.658. The summed E-state index contributed by atoms with van der Waals surface area (Å²) in [5.74, 6) is 1.43. The number of ether oxygens (including phenoxy) is 2. The van der Waals surface area contributed by atoms with Gasteiger partial charge in [-0.3, -0.25) is 9.59 Å². The highest BCUT2D eigenvalue weighted by molar-refractivity contribution is 5.96. The minimum atomic E-state index is -0.289. The second-order valence-electron chi connectivity index (χ2n) is 7.58. The Morgan fingerprint density at radius 1 is 0.933 bits per heavy atom. The van der Waals surface area contributed by atoms with Gasteiger partial charge >= 0.3 is 0 Å². The Balaban J connectivity index is 1.60. The topological polar surface area (TPSA) is 76.7 Å². The van der Waals surface area contributed by atoms with Gasteiger partial charge in [0.15, 0.2) is 0 Å². The van der Waals surface area contributed by atoms with E-state index in [1.165, 1.54) is 0 Å². The van der Waals surface area contributed by atoms with E-state index in [0.29, 0.717) is 23.7 Å². The van der Waals surface area contributed by atoms with Crippen LogP contribution in [-0.2, 0) is 9.59 Å². The minimum absolute atomic E-state index is 0.00117. The van der Waals surface area contributed by atoms with Crippen molar-refractivity contribution in [3.8, 4) is 17.2 Å². The molecule has 0 aliphatic heterocycles. The van der Waals surface area contributed by atoms with Crippen LogP contribution >= 0.6 is 0 Å². The summed E-state index contributed by atoms with van der Waals surface area (Å²) in [5.41, 5.74) is 0.691. The molecule has 0 radical (unpaired) electrons. The van der Waals surface area contributed by atoms with Crippen molar-refractivity contribution in [2.45, 2.75) is 39.0 Å². The first-order valence-electron chi connectivity index (χ1n) is 10.6. The number of benzene rings is 2. The van der Waals surface area contributed by atoms with Crippen LogP contribution < -0.4 is 20.1 Å². The largest absolute Gasteiger partial charge is 0.497 e. The molecule has 6 heteroatoms. The molecule has 1 fully saturated rings. The van der Waals surface area contributed by atoms with Gasteiger partial charge in [0.1, 0.15) is 17.2 Å². The van der Waals surface area contributed by atoms with Crippen molar-refractivity contribution in [2.24, 2.45) is 11.8 Å². The molecule has 1 aliphatic carbocycles. The van der Waals surface area contributed by atoms with E-state index >= 15 is 0 Å². The molecule has 6 nitrogen and oxygen atoms in total. The van der Waals surface area contributed by atoms with Crippen molar-refractivity contribution < 1.29 is 19.1 Å². The Hall–Kier alpha value is -3.02. The maximum Gasteiger partial charge on any atom is 0.228 e. The number of amides is 2. The fraction of sp³-hybridized carbons (Fsp3) is 0.417. The lowest BCUT2D eigenvalue weighted by atomic mass is 9.78. The van der Waals surface area contributed by atoms with E-state index < -0.39 is 0 Å². The lowest BCUT2D eigenvalue weighted by molar-refractivity contribution is -0.134. The maximum atomic E-state index is 12.9. The van der Waals surface area contributed by atoms with Gasteiger partial charge in [-0.15, -0.1) is 0 Å². The highest BCUT2D eigenvalue weighted by atomic mass is 16.5. The van der Waals surface area contributed by atoms with Crippen molar-refractivity contribution >= 4 is 17.5 Å². The summed E-state index contributed by atoms with van der Waals surface area (Å²) in [7, 11) is 1.61. The molecule has 30 heavy (non-hydrogen) atoms. The highest BCUT2D eigenvalue weighted by Gasteiger charge is 2.35. The zero-order valence-corrected chi connectivity index (χ0v) is 17.6. The van der Waals surface area contributed by atoms with E-state index in [4.69, 9.17) is 9.47 Å². The first kappa shape index (κ1) is 21.7. The van der Waals surface area contributed by atoms with Crippen molar-refractivity contribution in [3.05, 3.63) is 48.5 Å². The van der Waals surface area contributed by atoms with Gasteiger partial charge in [-0.05, 0) is 55.7 Å². The molecule has 0 heterocycles. The zero-order valence-electron chi connectivity index (χ0n) is 17.6. The number of nitrogens with one attached hydrogen (secondary N) is 2.